The van der Waals surface area contributed by atoms with E-state index in [1.807, 2.05) is 0 Å². The Balaban J connectivity index is 1.63. The lowest BCUT2D eigenvalue weighted by Crippen LogP contribution is -2.58. The summed E-state index contributed by atoms with van der Waals surface area (Å²) in [6.07, 6.45) is -7.97. The lowest BCUT2D eigenvalue weighted by atomic mass is 9.70. The molecule has 0 saturated heterocycles. The molecule has 0 radical (unpaired) electrons. The van der Waals surface area contributed by atoms with Gasteiger partial charge in [0.05, 0.1) is 16.7 Å². The molecule has 1 heterocycles. The summed E-state index contributed by atoms with van der Waals surface area (Å²) < 4.78 is 94.7. The van der Waals surface area contributed by atoms with Crippen molar-refractivity contribution < 1.29 is 45.4 Å². The first-order valence-electron chi connectivity index (χ1n) is 12.4. The second-order valence-electron chi connectivity index (χ2n) is 10.1. The first-order chi connectivity index (χ1) is 18.7. The summed E-state index contributed by atoms with van der Waals surface area (Å²) in [5.74, 6) is -4.75. The number of hydrogen-bond acceptors (Lipinski definition) is 2. The van der Waals surface area contributed by atoms with Gasteiger partial charge < -0.3 is 10.0 Å². The number of alkyl halides is 6. The van der Waals surface area contributed by atoms with Crippen LogP contribution in [0.2, 0.25) is 0 Å². The molecule has 1 fully saturated rings. The normalized spacial score (nSPS) is 18.7. The summed E-state index contributed by atoms with van der Waals surface area (Å²) in [6, 6.07) is 11.0. The molecule has 0 bridgehead atoms. The van der Waals surface area contributed by atoms with Crippen LogP contribution in [0.25, 0.3) is 11.1 Å². The Morgan fingerprint density at radius 3 is 2.12 bits per heavy atom. The Hall–Kier alpha value is -3.89. The van der Waals surface area contributed by atoms with Crippen LogP contribution in [0.3, 0.4) is 0 Å². The van der Waals surface area contributed by atoms with E-state index in [1.54, 1.807) is 0 Å². The fraction of sp³-hybridized carbons (Fsp3) is 0.310. The van der Waals surface area contributed by atoms with E-state index in [9.17, 15) is 45.4 Å². The summed E-state index contributed by atoms with van der Waals surface area (Å²) in [5, 5.41) is 10.4. The highest BCUT2D eigenvalue weighted by Gasteiger charge is 2.56. The van der Waals surface area contributed by atoms with Crippen LogP contribution in [0.5, 0.6) is 0 Å². The molecule has 2 aliphatic rings. The van der Waals surface area contributed by atoms with Gasteiger partial charge in [0, 0.05) is 12.1 Å². The molecule has 1 aliphatic carbocycles. The first-order valence-corrected chi connectivity index (χ1v) is 12.4. The number of carboxylic acids is 1. The number of hydrogen-bond donors (Lipinski definition) is 1. The summed E-state index contributed by atoms with van der Waals surface area (Å²) in [5.41, 5.74) is -3.66. The van der Waals surface area contributed by atoms with Crippen molar-refractivity contribution >= 4 is 11.9 Å². The van der Waals surface area contributed by atoms with Crippen LogP contribution in [0.1, 0.15) is 64.2 Å². The Kier molecular flexibility index (Phi) is 6.67. The van der Waals surface area contributed by atoms with Crippen LogP contribution >= 0.6 is 0 Å². The van der Waals surface area contributed by atoms with Gasteiger partial charge in [-0.1, -0.05) is 43.2 Å². The van der Waals surface area contributed by atoms with E-state index >= 15 is 0 Å². The topological polar surface area (TPSA) is 57.6 Å². The third-order valence-corrected chi connectivity index (χ3v) is 7.85. The van der Waals surface area contributed by atoms with Crippen LogP contribution < -0.4 is 0 Å². The molecule has 1 spiro atoms. The minimum atomic E-state index is -4.91. The van der Waals surface area contributed by atoms with Gasteiger partial charge in [-0.2, -0.15) is 26.3 Å². The predicted octanol–water partition coefficient (Wildman–Crippen LogP) is 7.67. The number of aliphatic carboxylic acids is 1. The van der Waals surface area contributed by atoms with E-state index in [4.69, 9.17) is 0 Å². The van der Waals surface area contributed by atoms with Gasteiger partial charge in [0.1, 0.15) is 11.7 Å². The van der Waals surface area contributed by atoms with Gasteiger partial charge in [0.2, 0.25) is 0 Å². The minimum Gasteiger partial charge on any atom is -0.481 e. The number of carbonyl (C=O) groups is 2. The Labute approximate surface area is 224 Å². The number of benzene rings is 3. The molecule has 1 N–H and O–H groups in total. The predicted molar refractivity (Wildman–Crippen MR) is 130 cm³/mol. The maximum atomic E-state index is 14.3. The second-order valence-corrected chi connectivity index (χ2v) is 10.1. The molecule has 11 heteroatoms. The van der Waals surface area contributed by atoms with E-state index in [2.05, 4.69) is 0 Å². The molecular formula is C29H22F7NO3. The molecule has 0 aromatic heterocycles. The first kappa shape index (κ1) is 27.7. The van der Waals surface area contributed by atoms with Gasteiger partial charge in [0.25, 0.3) is 5.91 Å². The number of halogens is 7. The van der Waals surface area contributed by atoms with Gasteiger partial charge in [0.15, 0.2) is 0 Å². The third kappa shape index (κ3) is 4.61. The number of carboxylic acid groups (broad SMARTS) is 1. The minimum absolute atomic E-state index is 0.0365. The molecule has 1 amide bonds. The molecule has 4 nitrogen and oxygen atoms in total. The van der Waals surface area contributed by atoms with Crippen LogP contribution in [-0.2, 0) is 23.7 Å². The van der Waals surface area contributed by atoms with Crippen molar-refractivity contribution in [3.05, 3.63) is 94.3 Å². The largest absolute Gasteiger partial charge is 0.481 e. The van der Waals surface area contributed by atoms with Crippen LogP contribution in [-0.4, -0.2) is 27.4 Å². The highest BCUT2D eigenvalue weighted by atomic mass is 19.4. The molecule has 1 aliphatic heterocycles. The van der Waals surface area contributed by atoms with Crippen LogP contribution in [0.4, 0.5) is 30.7 Å². The summed E-state index contributed by atoms with van der Waals surface area (Å²) in [4.78, 5) is 27.9. The lowest BCUT2D eigenvalue weighted by molar-refractivity contribution is -0.143. The number of rotatable bonds is 4. The summed E-state index contributed by atoms with van der Waals surface area (Å²) in [7, 11) is 0. The monoisotopic (exact) mass is 565 g/mol. The van der Waals surface area contributed by atoms with Crippen molar-refractivity contribution in [3.8, 4) is 11.1 Å². The third-order valence-electron chi connectivity index (χ3n) is 7.85. The number of nitrogens with zero attached hydrogens (tertiary/aromatic N) is 1. The molecule has 1 atom stereocenters. The SMILES string of the molecule is O=C(O)C1c2cc(-c3ccccc3C(F)(F)F)ccc2C(=O)N(Cc2ccc(C(F)(F)F)c(F)c2)C12CCCC2. The molecule has 3 aromatic carbocycles. The number of fused-ring (bicyclic) bond motifs is 1. The average Bonchev–Trinajstić information content (AvgIpc) is 3.34. The molecule has 3 aromatic rings. The fourth-order valence-corrected chi connectivity index (χ4v) is 6.15. The van der Waals surface area contributed by atoms with Crippen molar-refractivity contribution in [2.24, 2.45) is 0 Å². The van der Waals surface area contributed by atoms with E-state index < -0.39 is 52.6 Å². The van der Waals surface area contributed by atoms with Gasteiger partial charge >= 0.3 is 18.3 Å². The zero-order valence-corrected chi connectivity index (χ0v) is 20.7. The zero-order valence-electron chi connectivity index (χ0n) is 20.7. The van der Waals surface area contributed by atoms with Crippen LogP contribution in [0, 0.1) is 5.82 Å². The molecule has 1 unspecified atom stereocenters. The smallest absolute Gasteiger partial charge is 0.419 e. The molecule has 1 saturated carbocycles. The molecule has 5 rings (SSSR count). The Bertz CT molecular complexity index is 1490. The van der Waals surface area contributed by atoms with Crippen molar-refractivity contribution in [2.75, 3.05) is 0 Å². The lowest BCUT2D eigenvalue weighted by Gasteiger charge is -2.49. The number of amides is 1. The van der Waals surface area contributed by atoms with Gasteiger partial charge in [-0.15, -0.1) is 0 Å². The van der Waals surface area contributed by atoms with Crippen molar-refractivity contribution in [3.63, 3.8) is 0 Å². The van der Waals surface area contributed by atoms with Gasteiger partial charge in [-0.3, -0.25) is 9.59 Å². The highest BCUT2D eigenvalue weighted by molar-refractivity contribution is 6.01. The van der Waals surface area contributed by atoms with E-state index in [1.165, 1.54) is 41.3 Å². The standard InChI is InChI=1S/C29H22F7NO3/c30-23-13-16(7-10-22(23)29(34,35)36)15-37-25(38)19-9-8-17(18-5-1-2-6-21(18)28(31,32)33)14-20(19)24(26(39)40)27(37)11-3-4-12-27/h1-2,5-10,13-14,24H,3-4,11-12,15H2,(H,39,40). The quantitative estimate of drug-likeness (QED) is 0.331. The van der Waals surface area contributed by atoms with Crippen molar-refractivity contribution in [2.45, 2.75) is 56.0 Å². The molecular weight excluding hydrogens is 543 g/mol. The van der Waals surface area contributed by atoms with E-state index in [0.717, 1.165) is 12.1 Å². The van der Waals surface area contributed by atoms with E-state index in [0.29, 0.717) is 25.0 Å². The zero-order chi connectivity index (χ0) is 29.0. The van der Waals surface area contributed by atoms with Crippen molar-refractivity contribution in [1.82, 2.24) is 4.90 Å². The maximum absolute atomic E-state index is 14.3. The second kappa shape index (κ2) is 9.64. The van der Waals surface area contributed by atoms with Gasteiger partial charge in [-0.25, -0.2) is 4.39 Å². The van der Waals surface area contributed by atoms with Crippen molar-refractivity contribution in [1.29, 1.82) is 0 Å². The fourth-order valence-electron chi connectivity index (χ4n) is 6.15. The number of carbonyl (C=O) groups excluding carboxylic acids is 1. The molecule has 40 heavy (non-hydrogen) atoms. The highest BCUT2D eigenvalue weighted by Crippen LogP contribution is 2.52. The van der Waals surface area contributed by atoms with Gasteiger partial charge in [-0.05, 0) is 65.4 Å². The Morgan fingerprint density at radius 1 is 0.875 bits per heavy atom. The van der Waals surface area contributed by atoms with E-state index in [-0.39, 0.29) is 47.2 Å². The van der Waals surface area contributed by atoms with Crippen LogP contribution in [0.15, 0.2) is 60.7 Å². The summed E-state index contributed by atoms with van der Waals surface area (Å²) >= 11 is 0. The average molecular weight is 565 g/mol. The maximum Gasteiger partial charge on any atom is 0.419 e. The molecule has 210 valence electrons. The Morgan fingerprint density at radius 2 is 1.52 bits per heavy atom. The summed E-state index contributed by atoms with van der Waals surface area (Å²) in [6.45, 7) is -0.338.